The van der Waals surface area contributed by atoms with Gasteiger partial charge in [0.15, 0.2) is 5.13 Å². The number of nitrogens with zero attached hydrogens (tertiary/aromatic N) is 3. The maximum atomic E-state index is 12.1. The van der Waals surface area contributed by atoms with Crippen molar-refractivity contribution in [2.24, 2.45) is 0 Å². The molecule has 1 aliphatic heterocycles. The van der Waals surface area contributed by atoms with Crippen LogP contribution in [0, 0.1) is 0 Å². The number of hydrogen-bond acceptors (Lipinski definition) is 6. The number of hydrogen-bond donors (Lipinski definition) is 1. The summed E-state index contributed by atoms with van der Waals surface area (Å²) in [4.78, 5) is 42.5. The van der Waals surface area contributed by atoms with Crippen molar-refractivity contribution in [3.8, 4) is 17.0 Å². The Morgan fingerprint density at radius 2 is 2.04 bits per heavy atom. The van der Waals surface area contributed by atoms with E-state index < -0.39 is 0 Å². The highest BCUT2D eigenvalue weighted by atomic mass is 32.1. The maximum absolute atomic E-state index is 12.1. The molecule has 142 valence electrons. The highest BCUT2D eigenvalue weighted by molar-refractivity contribution is 7.14. The second kappa shape index (κ2) is 8.17. The summed E-state index contributed by atoms with van der Waals surface area (Å²) in [6, 6.07) is 7.20. The van der Waals surface area contributed by atoms with E-state index >= 15 is 0 Å². The lowest BCUT2D eigenvalue weighted by molar-refractivity contribution is -0.125. The second-order valence-corrected chi connectivity index (χ2v) is 6.96. The van der Waals surface area contributed by atoms with Crippen molar-refractivity contribution in [1.29, 1.82) is 0 Å². The first-order chi connectivity index (χ1) is 13.0. The van der Waals surface area contributed by atoms with Gasteiger partial charge in [-0.2, -0.15) is 0 Å². The first kappa shape index (κ1) is 18.8. The Labute approximate surface area is 160 Å². The van der Waals surface area contributed by atoms with Gasteiger partial charge in [0.1, 0.15) is 12.3 Å². The Bertz CT molecular complexity index is 849. The van der Waals surface area contributed by atoms with E-state index in [4.69, 9.17) is 4.74 Å². The van der Waals surface area contributed by atoms with Crippen molar-refractivity contribution < 1.29 is 19.1 Å². The van der Waals surface area contributed by atoms with E-state index in [2.05, 4.69) is 10.3 Å². The van der Waals surface area contributed by atoms with Crippen LogP contribution in [0.5, 0.6) is 5.75 Å². The van der Waals surface area contributed by atoms with Crippen LogP contribution in [0.25, 0.3) is 11.3 Å². The smallest absolute Gasteiger partial charge is 0.326 e. The van der Waals surface area contributed by atoms with E-state index in [-0.39, 0.29) is 37.4 Å². The summed E-state index contributed by atoms with van der Waals surface area (Å²) < 4.78 is 5.13. The second-order valence-electron chi connectivity index (χ2n) is 6.10. The summed E-state index contributed by atoms with van der Waals surface area (Å²) in [6.07, 6.45) is 0.617. The number of rotatable bonds is 7. The normalized spacial score (nSPS) is 14.0. The van der Waals surface area contributed by atoms with Crippen molar-refractivity contribution in [2.75, 3.05) is 32.6 Å². The highest BCUT2D eigenvalue weighted by Crippen LogP contribution is 2.26. The lowest BCUT2D eigenvalue weighted by Crippen LogP contribution is -2.32. The largest absolute Gasteiger partial charge is 0.497 e. The first-order valence-electron chi connectivity index (χ1n) is 8.43. The first-order valence-corrected chi connectivity index (χ1v) is 9.31. The van der Waals surface area contributed by atoms with Crippen LogP contribution >= 0.6 is 11.3 Å². The molecule has 0 atom stereocenters. The van der Waals surface area contributed by atoms with E-state index in [1.54, 1.807) is 14.2 Å². The summed E-state index contributed by atoms with van der Waals surface area (Å²) >= 11 is 1.34. The van der Waals surface area contributed by atoms with Crippen molar-refractivity contribution >= 4 is 34.3 Å². The van der Waals surface area contributed by atoms with Crippen LogP contribution < -0.4 is 10.1 Å². The predicted octanol–water partition coefficient (Wildman–Crippen LogP) is 2.43. The number of aromatic nitrogens is 1. The van der Waals surface area contributed by atoms with Crippen LogP contribution in [0.15, 0.2) is 29.6 Å². The van der Waals surface area contributed by atoms with Gasteiger partial charge in [-0.05, 0) is 30.7 Å². The summed E-state index contributed by atoms with van der Waals surface area (Å²) in [7, 11) is 3.19. The van der Waals surface area contributed by atoms with Gasteiger partial charge in [-0.3, -0.25) is 14.5 Å². The van der Waals surface area contributed by atoms with E-state index in [1.807, 2.05) is 29.6 Å². The Balaban J connectivity index is 1.49. The number of anilines is 1. The zero-order valence-electron chi connectivity index (χ0n) is 15.1. The summed E-state index contributed by atoms with van der Waals surface area (Å²) in [6.45, 7) is 0.336. The molecular formula is C18H20N4O4S. The van der Waals surface area contributed by atoms with Crippen molar-refractivity contribution in [3.05, 3.63) is 29.6 Å². The zero-order chi connectivity index (χ0) is 19.4. The molecule has 2 heterocycles. The Morgan fingerprint density at radius 3 is 2.67 bits per heavy atom. The molecule has 8 nitrogen and oxygen atoms in total. The molecule has 1 fully saturated rings. The number of methoxy groups -OCH3 is 1. The van der Waals surface area contributed by atoms with Crippen LogP contribution in [0.2, 0.25) is 0 Å². The fraction of sp³-hybridized carbons (Fsp3) is 0.333. The topological polar surface area (TPSA) is 91.8 Å². The molecule has 0 radical (unpaired) electrons. The third-order valence-corrected chi connectivity index (χ3v) is 4.91. The molecule has 27 heavy (non-hydrogen) atoms. The maximum Gasteiger partial charge on any atom is 0.326 e. The minimum atomic E-state index is -0.315. The molecule has 0 aliphatic carbocycles. The minimum Gasteiger partial charge on any atom is -0.497 e. The van der Waals surface area contributed by atoms with Crippen LogP contribution in [-0.2, 0) is 9.59 Å². The van der Waals surface area contributed by atoms with E-state index in [9.17, 15) is 14.4 Å². The molecular weight excluding hydrogens is 368 g/mol. The number of benzene rings is 1. The average Bonchev–Trinajstić information content (AvgIpc) is 3.21. The summed E-state index contributed by atoms with van der Waals surface area (Å²) in [5, 5.41) is 5.14. The number of imide groups is 1. The van der Waals surface area contributed by atoms with Crippen LogP contribution in [0.1, 0.15) is 12.8 Å². The van der Waals surface area contributed by atoms with E-state index in [0.717, 1.165) is 17.0 Å². The quantitative estimate of drug-likeness (QED) is 0.736. The molecule has 2 aromatic rings. The molecule has 0 bridgehead atoms. The fourth-order valence-electron chi connectivity index (χ4n) is 2.69. The Morgan fingerprint density at radius 1 is 1.30 bits per heavy atom. The number of thiazole rings is 1. The molecule has 1 aromatic carbocycles. The number of likely N-dealkylation sites (N-methyl/N-ethyl adjacent to an activating group) is 1. The van der Waals surface area contributed by atoms with Crippen LogP contribution in [0.4, 0.5) is 9.93 Å². The highest BCUT2D eigenvalue weighted by Gasteiger charge is 2.32. The third-order valence-electron chi connectivity index (χ3n) is 4.15. The molecule has 1 saturated heterocycles. The fourth-order valence-corrected chi connectivity index (χ4v) is 3.43. The van der Waals surface area contributed by atoms with Crippen molar-refractivity contribution in [2.45, 2.75) is 12.8 Å². The van der Waals surface area contributed by atoms with Gasteiger partial charge in [0.05, 0.1) is 12.8 Å². The number of ether oxygens (including phenoxy) is 1. The van der Waals surface area contributed by atoms with Gasteiger partial charge in [-0.1, -0.05) is 0 Å². The molecule has 3 rings (SSSR count). The predicted molar refractivity (Wildman–Crippen MR) is 102 cm³/mol. The van der Waals surface area contributed by atoms with Gasteiger partial charge >= 0.3 is 6.03 Å². The van der Waals surface area contributed by atoms with Gasteiger partial charge in [-0.15, -0.1) is 11.3 Å². The Kier molecular flexibility index (Phi) is 5.70. The minimum absolute atomic E-state index is 0.0955. The van der Waals surface area contributed by atoms with Crippen molar-refractivity contribution in [1.82, 2.24) is 14.8 Å². The standard InChI is InChI=1S/C18H20N4O4S/c1-21-10-16(24)22(18(21)25)9-3-4-15(23)20-17-19-14(11-27-17)12-5-7-13(26-2)8-6-12/h5-8,11H,3-4,9-10H2,1-2H3,(H,19,20,23). The molecule has 1 aromatic heterocycles. The average molecular weight is 388 g/mol. The lowest BCUT2D eigenvalue weighted by atomic mass is 10.2. The molecule has 0 spiro atoms. The number of nitrogens with one attached hydrogen (secondary N) is 1. The monoisotopic (exact) mass is 388 g/mol. The number of carbonyl (C=O) groups excluding carboxylic acids is 3. The summed E-state index contributed by atoms with van der Waals surface area (Å²) in [5.41, 5.74) is 1.71. The molecule has 0 saturated carbocycles. The molecule has 1 aliphatic rings. The molecule has 4 amide bonds. The van der Waals surface area contributed by atoms with Crippen LogP contribution in [0.3, 0.4) is 0 Å². The van der Waals surface area contributed by atoms with Crippen molar-refractivity contribution in [3.63, 3.8) is 0 Å². The number of urea groups is 1. The molecule has 0 unspecified atom stereocenters. The summed E-state index contributed by atoms with van der Waals surface area (Å²) in [5.74, 6) is 0.341. The van der Waals surface area contributed by atoms with E-state index in [1.165, 1.54) is 21.1 Å². The molecule has 1 N–H and O–H groups in total. The van der Waals surface area contributed by atoms with Gasteiger partial charge < -0.3 is 15.0 Å². The van der Waals surface area contributed by atoms with Gasteiger partial charge in [-0.25, -0.2) is 9.78 Å². The SMILES string of the molecule is COc1ccc(-c2csc(NC(=O)CCCN3C(=O)CN(C)C3=O)n2)cc1. The van der Waals surface area contributed by atoms with Gasteiger partial charge in [0, 0.05) is 31.0 Å². The van der Waals surface area contributed by atoms with Gasteiger partial charge in [0.25, 0.3) is 0 Å². The zero-order valence-corrected chi connectivity index (χ0v) is 15.9. The lowest BCUT2D eigenvalue weighted by Gasteiger charge is -2.13. The van der Waals surface area contributed by atoms with Gasteiger partial charge in [0.2, 0.25) is 11.8 Å². The van der Waals surface area contributed by atoms with E-state index in [0.29, 0.717) is 11.6 Å². The number of carbonyl (C=O) groups is 3. The van der Waals surface area contributed by atoms with Crippen LogP contribution in [-0.4, -0.2) is 59.9 Å². The number of amides is 4. The third kappa shape index (κ3) is 4.43. The molecule has 9 heteroatoms. The Hall–Kier alpha value is -2.94.